The molecule has 0 radical (unpaired) electrons. The molecule has 0 spiro atoms. The summed E-state index contributed by atoms with van der Waals surface area (Å²) in [5.74, 6) is -0.724. The van der Waals surface area contributed by atoms with Gasteiger partial charge in [0.2, 0.25) is 0 Å². The molecule has 24 atom stereocenters. The van der Waals surface area contributed by atoms with Gasteiger partial charge in [-0.05, 0) is 110 Å². The van der Waals surface area contributed by atoms with Crippen molar-refractivity contribution in [3.05, 3.63) is 11.6 Å². The van der Waals surface area contributed by atoms with Gasteiger partial charge in [0.15, 0.2) is 25.0 Å². The number of rotatable bonds is 8. The predicted octanol–water partition coefficient (Wildman–Crippen LogP) is 1.73. The molecule has 0 aromatic rings. The van der Waals surface area contributed by atoms with Gasteiger partial charge in [-0.1, -0.05) is 67.0 Å². The number of carboxylic acid groups (broad SMARTS) is 1. The quantitative estimate of drug-likeness (QED) is 0.123. The van der Waals surface area contributed by atoms with Crippen LogP contribution in [0.3, 0.4) is 0 Å². The Morgan fingerprint density at radius 1 is 0.662 bits per heavy atom. The Balaban J connectivity index is 1.06. The lowest BCUT2D eigenvalue weighted by Crippen LogP contribution is -2.68. The number of hydrogen-bond donors (Lipinski definition) is 10. The van der Waals surface area contributed by atoms with Crippen molar-refractivity contribution in [1.29, 1.82) is 0 Å². The molecule has 4 saturated carbocycles. The molecule has 3 aliphatic heterocycles. The Morgan fingerprint density at radius 2 is 1.29 bits per heavy atom. The van der Waals surface area contributed by atoms with E-state index < -0.39 is 116 Å². The van der Waals surface area contributed by atoms with E-state index >= 15 is 0 Å². The highest BCUT2D eigenvalue weighted by Crippen LogP contribution is 2.76. The molecule has 0 amide bonds. The molecule has 372 valence electrons. The van der Waals surface area contributed by atoms with E-state index in [1.165, 1.54) is 6.92 Å². The van der Waals surface area contributed by atoms with Crippen molar-refractivity contribution in [3.8, 4) is 0 Å². The standard InChI is InChI=1S/C48H78O17/c1-21-29(51)31(53)35(57)40(60-21)64-37-32(54)30(52)24(20-49)61-41(37)65-38-34(56)33(55)36(39(58)59)63-42(38)62-28-13-14-46(7)25(44(28,4)5)12-15-48(9)26(46)11-10-22-23-18-43(2,3)19-27(50)45(23,6)16-17-47(22,48)8/h10,21,23-38,40-42,49-57H,11-20H2,1-9H3,(H,58,59). The van der Waals surface area contributed by atoms with Crippen LogP contribution in [0.5, 0.6) is 0 Å². The van der Waals surface area contributed by atoms with Crippen molar-refractivity contribution < 1.29 is 84.3 Å². The highest BCUT2D eigenvalue weighted by molar-refractivity contribution is 5.73. The van der Waals surface area contributed by atoms with E-state index in [4.69, 9.17) is 28.4 Å². The second-order valence-corrected chi connectivity index (χ2v) is 23.8. The van der Waals surface area contributed by atoms with Crippen LogP contribution < -0.4 is 0 Å². The van der Waals surface area contributed by atoms with Gasteiger partial charge in [-0.15, -0.1) is 0 Å². The van der Waals surface area contributed by atoms with Crippen LogP contribution in [0.25, 0.3) is 0 Å². The van der Waals surface area contributed by atoms with Gasteiger partial charge in [0.05, 0.1) is 24.9 Å². The van der Waals surface area contributed by atoms with Crippen LogP contribution in [-0.2, 0) is 33.2 Å². The van der Waals surface area contributed by atoms with E-state index in [2.05, 4.69) is 61.5 Å². The SMILES string of the molecule is CC1OC(OC2C(OC3C(OC4CCC5(C)C(CCC6(C)C5CC=C5C7CC(C)(C)CC(O)C7(C)CCC56C)C4(C)C)OC(C(=O)O)C(O)C3O)OC(CO)C(O)C2O)C(O)C(O)C1O. The van der Waals surface area contributed by atoms with E-state index in [1.807, 2.05) is 0 Å². The Kier molecular flexibility index (Phi) is 13.2. The lowest BCUT2D eigenvalue weighted by Gasteiger charge is -2.71. The summed E-state index contributed by atoms with van der Waals surface area (Å²) in [4.78, 5) is 12.5. The lowest BCUT2D eigenvalue weighted by atomic mass is 9.33. The van der Waals surface area contributed by atoms with Crippen LogP contribution in [-0.4, -0.2) is 168 Å². The second-order valence-electron chi connectivity index (χ2n) is 23.8. The van der Waals surface area contributed by atoms with Gasteiger partial charge < -0.3 is 79.5 Å². The molecule has 17 nitrogen and oxygen atoms in total. The molecule has 17 heteroatoms. The van der Waals surface area contributed by atoms with E-state index in [0.29, 0.717) is 18.3 Å². The molecule has 8 aliphatic rings. The molecular weight excluding hydrogens is 849 g/mol. The fraction of sp³-hybridized carbons (Fsp3) is 0.938. The summed E-state index contributed by atoms with van der Waals surface area (Å²) in [5, 5.41) is 108. The van der Waals surface area contributed by atoms with Crippen molar-refractivity contribution >= 4 is 5.97 Å². The van der Waals surface area contributed by atoms with Gasteiger partial charge in [0.1, 0.15) is 61.0 Å². The third-order valence-electron chi connectivity index (χ3n) is 19.4. The number of carboxylic acids is 1. The minimum Gasteiger partial charge on any atom is -0.479 e. The van der Waals surface area contributed by atoms with Crippen LogP contribution in [0.4, 0.5) is 0 Å². The highest BCUT2D eigenvalue weighted by Gasteiger charge is 2.69. The Bertz CT molecular complexity index is 1790. The van der Waals surface area contributed by atoms with Crippen molar-refractivity contribution in [3.63, 3.8) is 0 Å². The average Bonchev–Trinajstić information content (AvgIpc) is 3.22. The van der Waals surface area contributed by atoms with Gasteiger partial charge >= 0.3 is 5.97 Å². The first-order valence-electron chi connectivity index (χ1n) is 24.1. The molecule has 10 N–H and O–H groups in total. The van der Waals surface area contributed by atoms with Crippen LogP contribution >= 0.6 is 0 Å². The number of fused-ring (bicyclic) bond motifs is 7. The third-order valence-corrected chi connectivity index (χ3v) is 19.4. The summed E-state index contributed by atoms with van der Waals surface area (Å²) < 4.78 is 36.4. The topological polar surface area (TPSA) is 275 Å². The van der Waals surface area contributed by atoms with Crippen LogP contribution in [0.15, 0.2) is 11.6 Å². The minimum absolute atomic E-state index is 0.00181. The summed E-state index contributed by atoms with van der Waals surface area (Å²) in [6.45, 7) is 19.3. The van der Waals surface area contributed by atoms with Gasteiger partial charge in [-0.25, -0.2) is 4.79 Å². The zero-order chi connectivity index (χ0) is 47.7. The molecule has 24 unspecified atom stereocenters. The molecular formula is C48H78O17. The first-order valence-corrected chi connectivity index (χ1v) is 24.1. The summed E-state index contributed by atoms with van der Waals surface area (Å²) in [7, 11) is 0. The fourth-order valence-electron chi connectivity index (χ4n) is 15.1. The molecule has 65 heavy (non-hydrogen) atoms. The van der Waals surface area contributed by atoms with Crippen molar-refractivity contribution in [1.82, 2.24) is 0 Å². The molecule has 7 fully saturated rings. The molecule has 0 bridgehead atoms. The Morgan fingerprint density at radius 3 is 1.94 bits per heavy atom. The summed E-state index contributed by atoms with van der Waals surface area (Å²) in [5.41, 5.74) is 0.763. The van der Waals surface area contributed by atoms with Gasteiger partial charge in [-0.2, -0.15) is 0 Å². The predicted molar refractivity (Wildman–Crippen MR) is 229 cm³/mol. The molecule has 3 heterocycles. The number of aliphatic hydroxyl groups is 9. The maximum atomic E-state index is 12.5. The third kappa shape index (κ3) is 7.81. The molecule has 3 saturated heterocycles. The fourth-order valence-corrected chi connectivity index (χ4v) is 15.1. The van der Waals surface area contributed by atoms with E-state index in [1.54, 1.807) is 5.57 Å². The van der Waals surface area contributed by atoms with Crippen LogP contribution in [0.2, 0.25) is 0 Å². The van der Waals surface area contributed by atoms with Gasteiger partial charge in [0.25, 0.3) is 0 Å². The van der Waals surface area contributed by atoms with E-state index in [-0.39, 0.29) is 39.1 Å². The van der Waals surface area contributed by atoms with Crippen molar-refractivity contribution in [2.75, 3.05) is 6.61 Å². The highest BCUT2D eigenvalue weighted by atomic mass is 16.8. The summed E-state index contributed by atoms with van der Waals surface area (Å²) >= 11 is 0. The number of aliphatic carboxylic acids is 1. The maximum Gasteiger partial charge on any atom is 0.335 e. The molecule has 8 rings (SSSR count). The number of ether oxygens (including phenoxy) is 6. The number of carbonyl (C=O) groups is 1. The zero-order valence-corrected chi connectivity index (χ0v) is 39.5. The zero-order valence-electron chi connectivity index (χ0n) is 39.5. The largest absolute Gasteiger partial charge is 0.479 e. The van der Waals surface area contributed by atoms with Crippen LogP contribution in [0.1, 0.15) is 120 Å². The first-order chi connectivity index (χ1) is 30.2. The molecule has 0 aromatic carbocycles. The molecule has 5 aliphatic carbocycles. The molecule has 0 aromatic heterocycles. The second kappa shape index (κ2) is 17.2. The monoisotopic (exact) mass is 927 g/mol. The summed E-state index contributed by atoms with van der Waals surface area (Å²) in [6.07, 6.45) is -15.9. The maximum absolute atomic E-state index is 12.5. The van der Waals surface area contributed by atoms with Gasteiger partial charge in [-0.3, -0.25) is 0 Å². The Labute approximate surface area is 382 Å². The number of aliphatic hydroxyl groups excluding tert-OH is 9. The van der Waals surface area contributed by atoms with Crippen LogP contribution in [0, 0.1) is 50.2 Å². The average molecular weight is 927 g/mol. The van der Waals surface area contributed by atoms with Crippen molar-refractivity contribution in [2.24, 2.45) is 50.2 Å². The smallest absolute Gasteiger partial charge is 0.335 e. The normalized spacial score (nSPS) is 55.1. The van der Waals surface area contributed by atoms with E-state index in [9.17, 15) is 55.9 Å². The number of allylic oxidation sites excluding steroid dienone is 2. The minimum atomic E-state index is -2.02. The van der Waals surface area contributed by atoms with Gasteiger partial charge in [0, 0.05) is 5.41 Å². The van der Waals surface area contributed by atoms with E-state index in [0.717, 1.165) is 51.4 Å². The van der Waals surface area contributed by atoms with Crippen molar-refractivity contribution in [2.45, 2.75) is 224 Å². The lowest BCUT2D eigenvalue weighted by molar-refractivity contribution is -0.395. The number of hydrogen-bond acceptors (Lipinski definition) is 16. The Hall–Kier alpha value is -1.39. The first kappa shape index (κ1) is 50.0. The summed E-state index contributed by atoms with van der Waals surface area (Å²) in [6, 6.07) is 0.